The van der Waals surface area contributed by atoms with Gasteiger partial charge < -0.3 is 10.1 Å². The molecular weight excluding hydrogens is 264 g/mol. The van der Waals surface area contributed by atoms with Crippen LogP contribution in [0.4, 0.5) is 0 Å². The number of rotatable bonds is 8. The number of H-pyrrole nitrogens is 1. The van der Waals surface area contributed by atoms with E-state index in [1.54, 1.807) is 6.20 Å². The van der Waals surface area contributed by atoms with E-state index in [2.05, 4.69) is 23.7 Å². The molecular formula is C17H24N2O2. The van der Waals surface area contributed by atoms with E-state index >= 15 is 0 Å². The van der Waals surface area contributed by atoms with E-state index in [4.69, 9.17) is 0 Å². The molecule has 0 saturated heterocycles. The topological polar surface area (TPSA) is 56.3 Å². The van der Waals surface area contributed by atoms with E-state index in [9.17, 15) is 9.90 Å². The minimum atomic E-state index is 0.0810. The second-order valence-electron chi connectivity index (χ2n) is 5.34. The maximum absolute atomic E-state index is 12.6. The van der Waals surface area contributed by atoms with Gasteiger partial charge in [0.2, 0.25) is 0 Å². The quantitative estimate of drug-likeness (QED) is 0.734. The summed E-state index contributed by atoms with van der Waals surface area (Å²) in [7, 11) is 0. The fraction of sp³-hybridized carbons (Fsp3) is 0.471. The van der Waals surface area contributed by atoms with Crippen molar-refractivity contribution < 1.29 is 9.90 Å². The lowest BCUT2D eigenvalue weighted by Crippen LogP contribution is -2.40. The molecule has 0 saturated carbocycles. The fourth-order valence-corrected chi connectivity index (χ4v) is 2.90. The number of benzene rings is 1. The van der Waals surface area contributed by atoms with Crippen molar-refractivity contribution in [2.24, 2.45) is 0 Å². The first-order valence-electron chi connectivity index (χ1n) is 7.65. The molecule has 0 bridgehead atoms. The Labute approximate surface area is 125 Å². The molecule has 21 heavy (non-hydrogen) atoms. The minimum absolute atomic E-state index is 0.0810. The van der Waals surface area contributed by atoms with Crippen LogP contribution in [0.1, 0.15) is 37.0 Å². The predicted octanol–water partition coefficient (Wildman–Crippen LogP) is 2.83. The molecule has 114 valence electrons. The van der Waals surface area contributed by atoms with Crippen molar-refractivity contribution in [3.63, 3.8) is 0 Å². The molecule has 1 heterocycles. The molecule has 4 nitrogen and oxygen atoms in total. The predicted molar refractivity (Wildman–Crippen MR) is 85.7 cm³/mol. The van der Waals surface area contributed by atoms with Crippen molar-refractivity contribution in [3.05, 3.63) is 36.0 Å². The number of carbonyl (C=O) groups excluding carboxylic acids is 1. The van der Waals surface area contributed by atoms with Crippen molar-refractivity contribution >= 4 is 16.7 Å². The molecule has 0 radical (unpaired) electrons. The van der Waals surface area contributed by atoms with Crippen molar-refractivity contribution in [1.29, 1.82) is 0 Å². The summed E-state index contributed by atoms with van der Waals surface area (Å²) in [6, 6.07) is 8.17. The fourth-order valence-electron chi connectivity index (χ4n) is 2.90. The average molecular weight is 288 g/mol. The number of nitrogens with zero attached hydrogens (tertiary/aromatic N) is 1. The smallest absolute Gasteiger partial charge is 0.178 e. The standard InChI is InChI=1S/C17H24N2O2/c1-3-13(4-2)19(9-10-20)12-17(21)15-11-18-16-8-6-5-7-14(15)16/h5-8,11,13,18,20H,3-4,9-10,12H2,1-2H3. The summed E-state index contributed by atoms with van der Waals surface area (Å²) < 4.78 is 0. The number of aromatic nitrogens is 1. The Bertz CT molecular complexity index is 587. The summed E-state index contributed by atoms with van der Waals surface area (Å²) in [5, 5.41) is 10.2. The molecule has 1 aromatic heterocycles. The Morgan fingerprint density at radius 2 is 2.00 bits per heavy atom. The van der Waals surface area contributed by atoms with E-state index in [0.29, 0.717) is 19.1 Å². The number of ketones is 1. The Balaban J connectivity index is 2.18. The summed E-state index contributed by atoms with van der Waals surface area (Å²) in [6.45, 7) is 5.22. The van der Waals surface area contributed by atoms with Gasteiger partial charge in [0, 0.05) is 35.2 Å². The molecule has 2 aromatic rings. The first-order valence-corrected chi connectivity index (χ1v) is 7.65. The number of fused-ring (bicyclic) bond motifs is 1. The maximum atomic E-state index is 12.6. The number of hydrogen-bond donors (Lipinski definition) is 2. The molecule has 0 aliphatic heterocycles. The summed E-state index contributed by atoms with van der Waals surface area (Å²) >= 11 is 0. The van der Waals surface area contributed by atoms with Crippen molar-refractivity contribution in [2.75, 3.05) is 19.7 Å². The van der Waals surface area contributed by atoms with Crippen molar-refractivity contribution in [2.45, 2.75) is 32.7 Å². The first-order chi connectivity index (χ1) is 10.2. The summed E-state index contributed by atoms with van der Waals surface area (Å²) in [5.74, 6) is 0.104. The van der Waals surface area contributed by atoms with E-state index in [1.807, 2.05) is 24.3 Å². The van der Waals surface area contributed by atoms with Gasteiger partial charge in [-0.05, 0) is 18.9 Å². The van der Waals surface area contributed by atoms with Crippen LogP contribution >= 0.6 is 0 Å². The van der Waals surface area contributed by atoms with Gasteiger partial charge in [0.25, 0.3) is 0 Å². The first kappa shape index (κ1) is 15.7. The number of aromatic amines is 1. The summed E-state index contributed by atoms with van der Waals surface area (Å²) in [5.41, 5.74) is 1.72. The van der Waals surface area contributed by atoms with E-state index in [0.717, 1.165) is 29.3 Å². The van der Waals surface area contributed by atoms with Gasteiger partial charge in [0.05, 0.1) is 13.2 Å². The highest BCUT2D eigenvalue weighted by Crippen LogP contribution is 2.19. The second kappa shape index (κ2) is 7.38. The van der Waals surface area contributed by atoms with Gasteiger partial charge in [0.1, 0.15) is 0 Å². The molecule has 0 atom stereocenters. The highest BCUT2D eigenvalue weighted by molar-refractivity contribution is 6.08. The zero-order valence-corrected chi connectivity index (χ0v) is 12.8. The van der Waals surface area contributed by atoms with Gasteiger partial charge in [-0.25, -0.2) is 0 Å². The largest absolute Gasteiger partial charge is 0.395 e. The van der Waals surface area contributed by atoms with Gasteiger partial charge in [-0.15, -0.1) is 0 Å². The minimum Gasteiger partial charge on any atom is -0.395 e. The Kier molecular flexibility index (Phi) is 5.53. The van der Waals surface area contributed by atoms with Crippen LogP contribution in [0.15, 0.2) is 30.5 Å². The third-order valence-corrected chi connectivity index (χ3v) is 4.08. The number of Topliss-reactive ketones (excluding diaryl/α,β-unsaturated/α-hetero) is 1. The Morgan fingerprint density at radius 1 is 1.29 bits per heavy atom. The van der Waals surface area contributed by atoms with Crippen molar-refractivity contribution in [1.82, 2.24) is 9.88 Å². The number of carbonyl (C=O) groups is 1. The van der Waals surface area contributed by atoms with Gasteiger partial charge >= 0.3 is 0 Å². The van der Waals surface area contributed by atoms with E-state index in [1.165, 1.54) is 0 Å². The van der Waals surface area contributed by atoms with Gasteiger partial charge in [-0.2, -0.15) is 0 Å². The van der Waals surface area contributed by atoms with Crippen LogP contribution < -0.4 is 0 Å². The third kappa shape index (κ3) is 3.52. The number of para-hydroxylation sites is 1. The zero-order chi connectivity index (χ0) is 15.2. The van der Waals surface area contributed by atoms with Gasteiger partial charge in [-0.1, -0.05) is 32.0 Å². The number of nitrogens with one attached hydrogen (secondary N) is 1. The molecule has 0 aliphatic carbocycles. The molecule has 4 heteroatoms. The molecule has 0 aliphatic rings. The van der Waals surface area contributed by atoms with E-state index < -0.39 is 0 Å². The summed E-state index contributed by atoms with van der Waals surface area (Å²) in [4.78, 5) is 17.8. The molecule has 0 amide bonds. The molecule has 0 fully saturated rings. The second-order valence-corrected chi connectivity index (χ2v) is 5.34. The average Bonchev–Trinajstić information content (AvgIpc) is 2.92. The molecule has 0 spiro atoms. The third-order valence-electron chi connectivity index (χ3n) is 4.08. The van der Waals surface area contributed by atoms with Crippen LogP contribution in [-0.2, 0) is 0 Å². The van der Waals surface area contributed by atoms with Crippen LogP contribution in [0.25, 0.3) is 10.9 Å². The molecule has 0 unspecified atom stereocenters. The van der Waals surface area contributed by atoms with Crippen LogP contribution in [0, 0.1) is 0 Å². The van der Waals surface area contributed by atoms with Crippen LogP contribution in [0.2, 0.25) is 0 Å². The van der Waals surface area contributed by atoms with Crippen LogP contribution in [-0.4, -0.2) is 46.5 Å². The molecule has 2 N–H and O–H groups in total. The Hall–Kier alpha value is -1.65. The number of hydrogen-bond acceptors (Lipinski definition) is 3. The lowest BCUT2D eigenvalue weighted by atomic mass is 10.1. The SMILES string of the molecule is CCC(CC)N(CCO)CC(=O)c1c[nH]c2ccccc12. The highest BCUT2D eigenvalue weighted by atomic mass is 16.3. The lowest BCUT2D eigenvalue weighted by Gasteiger charge is -2.29. The number of aliphatic hydroxyl groups excluding tert-OH is 1. The van der Waals surface area contributed by atoms with Crippen LogP contribution in [0.3, 0.4) is 0 Å². The van der Waals surface area contributed by atoms with Gasteiger partial charge in [0.15, 0.2) is 5.78 Å². The van der Waals surface area contributed by atoms with E-state index in [-0.39, 0.29) is 12.4 Å². The van der Waals surface area contributed by atoms with Gasteiger partial charge in [-0.3, -0.25) is 9.69 Å². The number of aliphatic hydroxyl groups is 1. The lowest BCUT2D eigenvalue weighted by molar-refractivity contribution is 0.0852. The molecule has 1 aromatic carbocycles. The Morgan fingerprint density at radius 3 is 2.67 bits per heavy atom. The van der Waals surface area contributed by atoms with Crippen LogP contribution in [0.5, 0.6) is 0 Å². The monoisotopic (exact) mass is 288 g/mol. The normalized spacial score (nSPS) is 11.7. The maximum Gasteiger partial charge on any atom is 0.178 e. The highest BCUT2D eigenvalue weighted by Gasteiger charge is 2.20. The molecule has 2 rings (SSSR count). The van der Waals surface area contributed by atoms with Crippen molar-refractivity contribution in [3.8, 4) is 0 Å². The summed E-state index contributed by atoms with van der Waals surface area (Å²) in [6.07, 6.45) is 3.76. The zero-order valence-electron chi connectivity index (χ0n) is 12.8.